The highest BCUT2D eigenvalue weighted by Gasteiger charge is 2.06. The molecule has 0 fully saturated rings. The third-order valence-electron chi connectivity index (χ3n) is 2.92. The zero-order valence-electron chi connectivity index (χ0n) is 11.8. The first-order chi connectivity index (χ1) is 9.06. The fourth-order valence-electron chi connectivity index (χ4n) is 1.38. The zero-order chi connectivity index (χ0) is 14.3. The Kier molecular flexibility index (Phi) is 5.94. The number of hydrogen-bond donors (Lipinski definition) is 2. The Labute approximate surface area is 115 Å². The molecule has 0 radical (unpaired) electrons. The summed E-state index contributed by atoms with van der Waals surface area (Å²) in [4.78, 5) is 0. The van der Waals surface area contributed by atoms with Crippen molar-refractivity contribution >= 4 is 0 Å². The summed E-state index contributed by atoms with van der Waals surface area (Å²) < 4.78 is 0. The number of para-hydroxylation sites is 1. The minimum Gasteiger partial charge on any atom is -0.504 e. The molecule has 0 aliphatic rings. The van der Waals surface area contributed by atoms with Gasteiger partial charge < -0.3 is 10.2 Å². The normalized spacial score (nSPS) is 9.89. The van der Waals surface area contributed by atoms with Crippen LogP contribution in [-0.4, -0.2) is 10.2 Å². The van der Waals surface area contributed by atoms with Crippen LogP contribution in [0.2, 0.25) is 0 Å². The Morgan fingerprint density at radius 1 is 0.895 bits per heavy atom. The summed E-state index contributed by atoms with van der Waals surface area (Å²) in [5.41, 5.74) is 1.53. The molecule has 2 heteroatoms. The van der Waals surface area contributed by atoms with E-state index in [1.807, 2.05) is 30.3 Å². The maximum Gasteiger partial charge on any atom is 0.165 e. The van der Waals surface area contributed by atoms with Crippen LogP contribution in [-0.2, 0) is 0 Å². The summed E-state index contributed by atoms with van der Waals surface area (Å²) >= 11 is 0. The largest absolute Gasteiger partial charge is 0.504 e. The lowest BCUT2D eigenvalue weighted by Gasteiger charge is -2.05. The number of phenols is 2. The summed E-state index contributed by atoms with van der Waals surface area (Å²) in [5, 5.41) is 18.9. The summed E-state index contributed by atoms with van der Waals surface area (Å²) in [6, 6.07) is 14.4. The number of hydrogen-bond acceptors (Lipinski definition) is 2. The van der Waals surface area contributed by atoms with Crippen molar-refractivity contribution < 1.29 is 10.2 Å². The number of rotatable bonds is 2. The molecule has 0 aromatic heterocycles. The Morgan fingerprint density at radius 3 is 2.00 bits per heavy atom. The minimum absolute atomic E-state index is 0.0706. The van der Waals surface area contributed by atoms with Crippen LogP contribution in [0.4, 0.5) is 0 Å². The van der Waals surface area contributed by atoms with Crippen LogP contribution in [0.25, 0.3) is 11.1 Å². The summed E-state index contributed by atoms with van der Waals surface area (Å²) in [6.45, 7) is 6.64. The van der Waals surface area contributed by atoms with Gasteiger partial charge in [0.25, 0.3) is 0 Å². The zero-order valence-corrected chi connectivity index (χ0v) is 11.8. The Morgan fingerprint density at radius 2 is 1.47 bits per heavy atom. The van der Waals surface area contributed by atoms with Crippen LogP contribution in [0.1, 0.15) is 27.2 Å². The van der Waals surface area contributed by atoms with Crippen LogP contribution in [0.15, 0.2) is 48.5 Å². The van der Waals surface area contributed by atoms with Gasteiger partial charge in [-0.15, -0.1) is 0 Å². The summed E-state index contributed by atoms with van der Waals surface area (Å²) in [6.07, 6.45) is 1.31. The molecule has 2 N–H and O–H groups in total. The van der Waals surface area contributed by atoms with Gasteiger partial charge in [-0.2, -0.15) is 0 Å². The van der Waals surface area contributed by atoms with Gasteiger partial charge in [0, 0.05) is 5.56 Å². The highest BCUT2D eigenvalue weighted by molar-refractivity contribution is 5.72. The quantitative estimate of drug-likeness (QED) is 0.758. The van der Waals surface area contributed by atoms with Crippen molar-refractivity contribution in [3.8, 4) is 22.6 Å². The van der Waals surface area contributed by atoms with Gasteiger partial charge in [0.15, 0.2) is 11.5 Å². The van der Waals surface area contributed by atoms with E-state index in [1.54, 1.807) is 12.1 Å². The number of phenolic OH excluding ortho intramolecular Hbond substituents is 2. The van der Waals surface area contributed by atoms with Gasteiger partial charge in [0.05, 0.1) is 0 Å². The van der Waals surface area contributed by atoms with Gasteiger partial charge in [-0.05, 0) is 17.5 Å². The van der Waals surface area contributed by atoms with Gasteiger partial charge >= 0.3 is 0 Å². The molecule has 2 nitrogen and oxygen atoms in total. The molecule has 0 aliphatic carbocycles. The molecule has 2 rings (SSSR count). The van der Waals surface area contributed by atoms with Gasteiger partial charge in [-0.25, -0.2) is 0 Å². The van der Waals surface area contributed by atoms with E-state index >= 15 is 0 Å². The van der Waals surface area contributed by atoms with E-state index in [4.69, 9.17) is 0 Å². The fraction of sp³-hybridized carbons (Fsp3) is 0.294. The van der Waals surface area contributed by atoms with E-state index in [0.717, 1.165) is 11.5 Å². The molecule has 0 heterocycles. The molecule has 0 spiro atoms. The van der Waals surface area contributed by atoms with Crippen molar-refractivity contribution in [2.75, 3.05) is 0 Å². The second kappa shape index (κ2) is 7.47. The highest BCUT2D eigenvalue weighted by Crippen LogP contribution is 2.35. The topological polar surface area (TPSA) is 40.5 Å². The van der Waals surface area contributed by atoms with Crippen LogP contribution in [0, 0.1) is 5.92 Å². The minimum atomic E-state index is -0.0913. The first kappa shape index (κ1) is 15.1. The third-order valence-corrected chi connectivity index (χ3v) is 2.92. The van der Waals surface area contributed by atoms with E-state index in [1.165, 1.54) is 12.5 Å². The van der Waals surface area contributed by atoms with Crippen molar-refractivity contribution in [2.45, 2.75) is 27.2 Å². The van der Waals surface area contributed by atoms with Gasteiger partial charge in [-0.1, -0.05) is 69.7 Å². The van der Waals surface area contributed by atoms with Crippen molar-refractivity contribution in [3.63, 3.8) is 0 Å². The van der Waals surface area contributed by atoms with Crippen LogP contribution in [0.5, 0.6) is 11.5 Å². The number of aromatic hydroxyl groups is 2. The molecule has 19 heavy (non-hydrogen) atoms. The molecule has 0 bridgehead atoms. The molecule has 0 aliphatic heterocycles. The molecule has 2 aromatic carbocycles. The van der Waals surface area contributed by atoms with E-state index < -0.39 is 0 Å². The molecule has 0 amide bonds. The standard InChI is InChI=1S/C12H10O2.C5H12/c13-11-8-4-7-10(12(11)14)9-5-2-1-3-6-9;1-4-5(2)3/h1-8,13-14H;5H,4H2,1-3H3. The molecule has 0 saturated heterocycles. The smallest absolute Gasteiger partial charge is 0.165 e. The lowest BCUT2D eigenvalue weighted by Crippen LogP contribution is -1.78. The highest BCUT2D eigenvalue weighted by atomic mass is 16.3. The monoisotopic (exact) mass is 258 g/mol. The fourth-order valence-corrected chi connectivity index (χ4v) is 1.38. The predicted octanol–water partition coefficient (Wildman–Crippen LogP) is 4.82. The van der Waals surface area contributed by atoms with Crippen LogP contribution < -0.4 is 0 Å². The second-order valence-corrected chi connectivity index (χ2v) is 4.84. The Balaban J connectivity index is 0.000000312. The molecule has 102 valence electrons. The molecule has 0 saturated carbocycles. The number of benzene rings is 2. The van der Waals surface area contributed by atoms with Crippen molar-refractivity contribution in [1.82, 2.24) is 0 Å². The van der Waals surface area contributed by atoms with Crippen molar-refractivity contribution in [2.24, 2.45) is 5.92 Å². The molecule has 0 unspecified atom stereocenters. The van der Waals surface area contributed by atoms with Gasteiger partial charge in [0.1, 0.15) is 0 Å². The van der Waals surface area contributed by atoms with E-state index in [9.17, 15) is 10.2 Å². The average molecular weight is 258 g/mol. The van der Waals surface area contributed by atoms with E-state index in [-0.39, 0.29) is 11.5 Å². The third kappa shape index (κ3) is 4.66. The maximum atomic E-state index is 9.60. The molecule has 0 atom stereocenters. The lowest BCUT2D eigenvalue weighted by molar-refractivity contribution is 0.405. The Hall–Kier alpha value is -1.96. The Bertz CT molecular complexity index is 490. The first-order valence-corrected chi connectivity index (χ1v) is 6.62. The second-order valence-electron chi connectivity index (χ2n) is 4.84. The van der Waals surface area contributed by atoms with Crippen LogP contribution >= 0.6 is 0 Å². The van der Waals surface area contributed by atoms with Gasteiger partial charge in [0.2, 0.25) is 0 Å². The van der Waals surface area contributed by atoms with Crippen molar-refractivity contribution in [1.29, 1.82) is 0 Å². The molecule has 2 aromatic rings. The summed E-state index contributed by atoms with van der Waals surface area (Å²) in [5.74, 6) is 0.722. The summed E-state index contributed by atoms with van der Waals surface area (Å²) in [7, 11) is 0. The maximum absolute atomic E-state index is 9.60. The lowest BCUT2D eigenvalue weighted by atomic mass is 10.0. The van der Waals surface area contributed by atoms with Crippen LogP contribution in [0.3, 0.4) is 0 Å². The molecular weight excluding hydrogens is 236 g/mol. The van der Waals surface area contributed by atoms with E-state index in [2.05, 4.69) is 20.8 Å². The average Bonchev–Trinajstić information content (AvgIpc) is 2.43. The first-order valence-electron chi connectivity index (χ1n) is 6.62. The molecular formula is C17H22O2. The van der Waals surface area contributed by atoms with Crippen molar-refractivity contribution in [3.05, 3.63) is 48.5 Å². The predicted molar refractivity (Wildman–Crippen MR) is 80.3 cm³/mol. The van der Waals surface area contributed by atoms with Gasteiger partial charge in [-0.3, -0.25) is 0 Å². The van der Waals surface area contributed by atoms with E-state index in [0.29, 0.717) is 5.56 Å². The SMILES string of the molecule is CCC(C)C.Oc1cccc(-c2ccccc2)c1O.